The highest BCUT2D eigenvalue weighted by Gasteiger charge is 2.56. The van der Waals surface area contributed by atoms with Crippen LogP contribution in [0.15, 0.2) is 36.0 Å². The van der Waals surface area contributed by atoms with Crippen LogP contribution in [0.3, 0.4) is 0 Å². The van der Waals surface area contributed by atoms with E-state index in [0.717, 1.165) is 23.3 Å². The van der Waals surface area contributed by atoms with E-state index in [-0.39, 0.29) is 67.3 Å². The number of Topliss-reactive ketones (excluding diaryl/α,β-unsaturated/α-hetero) is 2. The quantitative estimate of drug-likeness (QED) is 0.179. The molecule has 13 heteroatoms. The zero-order valence-electron chi connectivity index (χ0n) is 34.5. The van der Waals surface area contributed by atoms with Crippen LogP contribution in [-0.2, 0) is 33.4 Å². The summed E-state index contributed by atoms with van der Waals surface area (Å²) in [6.45, 7) is 14.9. The molecule has 0 aromatic carbocycles. The number of carbonyl (C=O) groups is 4. The summed E-state index contributed by atoms with van der Waals surface area (Å²) in [5.74, 6) is -7.90. The number of ether oxygens (including phenoxy) is 3. The van der Waals surface area contributed by atoms with E-state index in [9.17, 15) is 39.6 Å². The third kappa shape index (κ3) is 11.2. The maximum Gasteiger partial charge on any atom is 0.329 e. The molecule has 56 heavy (non-hydrogen) atoms. The molecule has 1 amide bonds. The van der Waals surface area contributed by atoms with Gasteiger partial charge >= 0.3 is 5.97 Å². The lowest BCUT2D eigenvalue weighted by Crippen LogP contribution is -2.64. The number of nitrogens with zero attached hydrogens (tertiary/aromatic N) is 1. The molecular formula is C43H69NO12. The van der Waals surface area contributed by atoms with Gasteiger partial charge in [-0.2, -0.15) is 0 Å². The zero-order valence-corrected chi connectivity index (χ0v) is 34.5. The molecule has 4 aliphatic rings. The number of aliphatic hydroxyl groups excluding tert-OH is 3. The molecule has 0 spiro atoms. The lowest BCUT2D eigenvalue weighted by Gasteiger charge is -2.46. The van der Waals surface area contributed by atoms with Crippen LogP contribution < -0.4 is 0 Å². The number of fused-ring (bicyclic) bond motifs is 3. The summed E-state index contributed by atoms with van der Waals surface area (Å²) in [7, 11) is 1.46. The first-order valence-electron chi connectivity index (χ1n) is 20.4. The van der Waals surface area contributed by atoms with E-state index in [0.29, 0.717) is 37.7 Å². The van der Waals surface area contributed by atoms with Gasteiger partial charge in [0.2, 0.25) is 5.79 Å². The molecule has 0 radical (unpaired) electrons. The van der Waals surface area contributed by atoms with Gasteiger partial charge in [0.1, 0.15) is 24.0 Å². The Hall–Kier alpha value is -2.78. The molecular weight excluding hydrogens is 722 g/mol. The second kappa shape index (κ2) is 20.8. The standard InChI is InChI=1S/C43H67NO11.H2O/c1-9-12-31-18-24(2)17-25(3)19-36(48)39-37(53-8)22-28(6)43(52,55-39)40(49)41(50)44-16-11-10-13-32(44)42(51)54-38(29(7)34(46)23-35(31)47)27(5)21-30-14-15-33(45)26(4)20-30;/h9,18,21,25-26,28-34,36-39,45-46,48,52H,1,10-17,19-20,22-23H2,2-8H3;1H2/b24-18+,27-21+;. The molecule has 13 nitrogen and oxygen atoms in total. The molecule has 3 aliphatic heterocycles. The highest BCUT2D eigenvalue weighted by Crippen LogP contribution is 2.39. The summed E-state index contributed by atoms with van der Waals surface area (Å²) in [4.78, 5) is 57.4. The second-order valence-corrected chi connectivity index (χ2v) is 17.3. The van der Waals surface area contributed by atoms with Crippen molar-refractivity contribution in [3.05, 3.63) is 36.0 Å². The summed E-state index contributed by atoms with van der Waals surface area (Å²) < 4.78 is 17.9. The Bertz CT molecular complexity index is 1450. The predicted octanol–water partition coefficient (Wildman–Crippen LogP) is 3.78. The summed E-state index contributed by atoms with van der Waals surface area (Å²) in [5, 5.41) is 45.3. The minimum absolute atomic E-state index is 0. The van der Waals surface area contributed by atoms with E-state index in [2.05, 4.69) is 6.58 Å². The molecule has 1 aliphatic carbocycles. The lowest BCUT2D eigenvalue weighted by atomic mass is 9.78. The summed E-state index contributed by atoms with van der Waals surface area (Å²) >= 11 is 0. The third-order valence-corrected chi connectivity index (χ3v) is 12.7. The number of amides is 1. The smallest absolute Gasteiger partial charge is 0.329 e. The fourth-order valence-corrected chi connectivity index (χ4v) is 9.25. The molecule has 1 saturated carbocycles. The van der Waals surface area contributed by atoms with Gasteiger partial charge in [-0.25, -0.2) is 4.79 Å². The highest BCUT2D eigenvalue weighted by molar-refractivity contribution is 6.39. The lowest BCUT2D eigenvalue weighted by molar-refractivity contribution is -0.301. The first-order chi connectivity index (χ1) is 25.9. The zero-order chi connectivity index (χ0) is 40.8. The van der Waals surface area contributed by atoms with Gasteiger partial charge < -0.3 is 45.0 Å². The number of hydrogen-bond donors (Lipinski definition) is 4. The van der Waals surface area contributed by atoms with Gasteiger partial charge in [0.15, 0.2) is 0 Å². The van der Waals surface area contributed by atoms with Gasteiger partial charge in [0, 0.05) is 37.8 Å². The van der Waals surface area contributed by atoms with Crippen molar-refractivity contribution in [3.63, 3.8) is 0 Å². The van der Waals surface area contributed by atoms with Crippen molar-refractivity contribution in [1.29, 1.82) is 0 Å². The van der Waals surface area contributed by atoms with E-state index in [1.807, 2.05) is 39.8 Å². The molecule has 2 saturated heterocycles. The number of rotatable bonds is 5. The molecule has 3 fully saturated rings. The van der Waals surface area contributed by atoms with Crippen molar-refractivity contribution >= 4 is 23.4 Å². The Balaban J connectivity index is 0.00000841. The van der Waals surface area contributed by atoms with Crippen molar-refractivity contribution in [2.75, 3.05) is 13.7 Å². The minimum Gasteiger partial charge on any atom is -0.456 e. The van der Waals surface area contributed by atoms with E-state index in [4.69, 9.17) is 14.2 Å². The third-order valence-electron chi connectivity index (χ3n) is 12.7. The minimum atomic E-state index is -2.58. The van der Waals surface area contributed by atoms with Crippen molar-refractivity contribution in [3.8, 4) is 0 Å². The second-order valence-electron chi connectivity index (χ2n) is 17.3. The molecule has 4 rings (SSSR count). The van der Waals surface area contributed by atoms with Crippen molar-refractivity contribution < 1.29 is 59.3 Å². The van der Waals surface area contributed by atoms with Gasteiger partial charge in [-0.15, -0.1) is 6.58 Å². The molecule has 2 bridgehead atoms. The Kier molecular flexibility index (Phi) is 17.7. The summed E-state index contributed by atoms with van der Waals surface area (Å²) in [6.07, 6.45) is 4.56. The molecule has 0 aromatic heterocycles. The number of esters is 1. The average molecular weight is 792 g/mol. The van der Waals surface area contributed by atoms with Crippen LogP contribution in [0.2, 0.25) is 0 Å². The van der Waals surface area contributed by atoms with Crippen molar-refractivity contribution in [1.82, 2.24) is 4.90 Å². The number of methoxy groups -OCH3 is 1. The van der Waals surface area contributed by atoms with Gasteiger partial charge in [0.25, 0.3) is 11.7 Å². The number of ketones is 2. The maximum absolute atomic E-state index is 14.2. The van der Waals surface area contributed by atoms with Crippen molar-refractivity contribution in [2.24, 2.45) is 35.5 Å². The van der Waals surface area contributed by atoms with Crippen LogP contribution in [0.5, 0.6) is 0 Å². The largest absolute Gasteiger partial charge is 0.456 e. The SMILES string of the molecule is C=CCC1/C=C(\C)CC(C)CC(O)C2OC(O)(C(=O)C(=O)N3CCCCC3C(=O)OC(/C(C)=C/C3CCC(O)C(C)C3)C(C)C(O)CC1=O)C(C)CC2OC.O. The highest BCUT2D eigenvalue weighted by atomic mass is 16.7. The molecule has 14 unspecified atom stereocenters. The fraction of sp³-hybridized carbons (Fsp3) is 0.767. The topological polar surface area (TPSA) is 212 Å². The summed E-state index contributed by atoms with van der Waals surface area (Å²) in [5.41, 5.74) is 1.59. The van der Waals surface area contributed by atoms with Gasteiger partial charge in [-0.3, -0.25) is 14.4 Å². The van der Waals surface area contributed by atoms with Crippen LogP contribution in [0.25, 0.3) is 0 Å². The predicted molar refractivity (Wildman–Crippen MR) is 210 cm³/mol. The first-order valence-corrected chi connectivity index (χ1v) is 20.4. The van der Waals surface area contributed by atoms with Gasteiger partial charge in [0.05, 0.1) is 24.4 Å². The maximum atomic E-state index is 14.2. The van der Waals surface area contributed by atoms with E-state index in [1.54, 1.807) is 19.9 Å². The Labute approximate surface area is 332 Å². The first kappa shape index (κ1) is 47.6. The Morgan fingerprint density at radius 1 is 0.982 bits per heavy atom. The Morgan fingerprint density at radius 3 is 2.32 bits per heavy atom. The van der Waals surface area contributed by atoms with Crippen LogP contribution in [-0.4, -0.2) is 116 Å². The van der Waals surface area contributed by atoms with Crippen LogP contribution in [0.1, 0.15) is 112 Å². The molecule has 318 valence electrons. The van der Waals surface area contributed by atoms with Crippen LogP contribution in [0, 0.1) is 35.5 Å². The Morgan fingerprint density at radius 2 is 1.68 bits per heavy atom. The van der Waals surface area contributed by atoms with E-state index >= 15 is 0 Å². The number of piperidine rings is 1. The number of allylic oxidation sites excluding steroid dienone is 4. The number of cyclic esters (lactones) is 1. The number of carbonyl (C=O) groups excluding carboxylic acids is 4. The van der Waals surface area contributed by atoms with Gasteiger partial charge in [-0.1, -0.05) is 51.5 Å². The molecule has 3 heterocycles. The number of aliphatic hydroxyl groups is 4. The average Bonchev–Trinajstić information content (AvgIpc) is 3.14. The van der Waals surface area contributed by atoms with E-state index < -0.39 is 77.8 Å². The van der Waals surface area contributed by atoms with Crippen molar-refractivity contribution in [2.45, 2.75) is 161 Å². The molecule has 0 aromatic rings. The van der Waals surface area contributed by atoms with E-state index in [1.165, 1.54) is 7.11 Å². The monoisotopic (exact) mass is 791 g/mol. The normalized spacial score (nSPS) is 41.3. The summed E-state index contributed by atoms with van der Waals surface area (Å²) in [6, 6.07) is -1.15. The van der Waals surface area contributed by atoms with Crippen LogP contribution >= 0.6 is 0 Å². The van der Waals surface area contributed by atoms with Crippen LogP contribution in [0.4, 0.5) is 0 Å². The van der Waals surface area contributed by atoms with Gasteiger partial charge in [-0.05, 0) is 101 Å². The molecule has 6 N–H and O–H groups in total. The fourth-order valence-electron chi connectivity index (χ4n) is 9.25. The molecule has 14 atom stereocenters. The number of hydrogen-bond acceptors (Lipinski definition) is 11.